The number of likely N-dealkylation sites (tertiary alicyclic amines) is 1. The number of imidazole rings is 1. The summed E-state index contributed by atoms with van der Waals surface area (Å²) in [4.78, 5) is 29.5. The highest BCUT2D eigenvalue weighted by Gasteiger charge is 2.28. The van der Waals surface area contributed by atoms with E-state index in [1.807, 2.05) is 25.3 Å². The Morgan fingerprint density at radius 2 is 2.17 bits per heavy atom. The first-order chi connectivity index (χ1) is 10.8. The highest BCUT2D eigenvalue weighted by molar-refractivity contribution is 6.17. The van der Waals surface area contributed by atoms with E-state index in [1.165, 1.54) is 0 Å². The van der Waals surface area contributed by atoms with Crippen LogP contribution in [0, 0.1) is 0 Å². The van der Waals surface area contributed by atoms with Gasteiger partial charge in [-0.2, -0.15) is 0 Å². The molecule has 2 rings (SSSR count). The number of carbonyl (C=O) groups excluding carboxylic acids is 2. The number of halogens is 1. The molecule has 128 valence electrons. The molecule has 1 aliphatic heterocycles. The van der Waals surface area contributed by atoms with Crippen LogP contribution in [0.15, 0.2) is 12.5 Å². The van der Waals surface area contributed by atoms with Gasteiger partial charge in [0, 0.05) is 19.3 Å². The molecular formula is C15H22ClN3O4. The minimum absolute atomic E-state index is 0.0568. The number of aromatic nitrogens is 2. The number of carbonyl (C=O) groups is 2. The molecule has 1 amide bonds. The summed E-state index contributed by atoms with van der Waals surface area (Å²) in [6.45, 7) is 6.72. The van der Waals surface area contributed by atoms with Gasteiger partial charge in [0.05, 0.1) is 12.4 Å². The number of piperidine rings is 1. The Kier molecular flexibility index (Phi) is 5.51. The Balaban J connectivity index is 2.01. The third-order valence-corrected chi connectivity index (χ3v) is 3.58. The van der Waals surface area contributed by atoms with Crippen LogP contribution in [0.4, 0.5) is 4.79 Å². The molecule has 8 heteroatoms. The van der Waals surface area contributed by atoms with Crippen LogP contribution in [0.1, 0.15) is 50.1 Å². The fourth-order valence-corrected chi connectivity index (χ4v) is 2.55. The van der Waals surface area contributed by atoms with Crippen molar-refractivity contribution in [3.8, 4) is 0 Å². The molecule has 1 saturated heterocycles. The number of ether oxygens (including phenoxy) is 2. The number of amides is 1. The lowest BCUT2D eigenvalue weighted by Crippen LogP contribution is -2.43. The second kappa shape index (κ2) is 7.21. The van der Waals surface area contributed by atoms with Crippen LogP contribution in [-0.4, -0.2) is 51.3 Å². The topological polar surface area (TPSA) is 73.7 Å². The lowest BCUT2D eigenvalue weighted by Gasteiger charge is -2.34. The number of esters is 1. The monoisotopic (exact) mass is 343 g/mol. The van der Waals surface area contributed by atoms with Crippen LogP contribution < -0.4 is 0 Å². The second-order valence-electron chi connectivity index (χ2n) is 6.47. The molecule has 0 aromatic carbocycles. The molecule has 0 aliphatic carbocycles. The van der Waals surface area contributed by atoms with Crippen molar-refractivity contribution >= 4 is 23.7 Å². The number of alkyl halides is 1. The first-order valence-electron chi connectivity index (χ1n) is 7.54. The predicted octanol–water partition coefficient (Wildman–Crippen LogP) is 2.81. The zero-order chi connectivity index (χ0) is 17.0. The van der Waals surface area contributed by atoms with E-state index >= 15 is 0 Å². The van der Waals surface area contributed by atoms with Gasteiger partial charge in [0.25, 0.3) is 0 Å². The fraction of sp³-hybridized carbons (Fsp3) is 0.667. The third kappa shape index (κ3) is 4.86. The molecule has 0 spiro atoms. The van der Waals surface area contributed by atoms with Gasteiger partial charge < -0.3 is 18.9 Å². The molecule has 1 aromatic rings. The average molecular weight is 344 g/mol. The maximum atomic E-state index is 12.2. The summed E-state index contributed by atoms with van der Waals surface area (Å²) in [5.41, 5.74) is -0.308. The number of hydrogen-bond donors (Lipinski definition) is 0. The number of nitrogens with zero attached hydrogens (tertiary/aromatic N) is 3. The standard InChI is InChI=1S/C15H22ClN3O4/c1-15(2,3)23-14(21)18-6-4-5-11(7-18)19-8-12(17-10-19)13(20)22-9-16/h8,10-11H,4-7,9H2,1-3H3. The van der Waals surface area contributed by atoms with Crippen molar-refractivity contribution in [1.29, 1.82) is 0 Å². The first kappa shape index (κ1) is 17.6. The molecule has 1 aromatic heterocycles. The van der Waals surface area contributed by atoms with Crippen LogP contribution in [0.5, 0.6) is 0 Å². The summed E-state index contributed by atoms with van der Waals surface area (Å²) in [5.74, 6) is -0.557. The predicted molar refractivity (Wildman–Crippen MR) is 84.4 cm³/mol. The summed E-state index contributed by atoms with van der Waals surface area (Å²) in [6.07, 6.45) is 4.65. The van der Waals surface area contributed by atoms with Gasteiger partial charge in [-0.1, -0.05) is 11.6 Å². The molecule has 2 heterocycles. The summed E-state index contributed by atoms with van der Waals surface area (Å²) in [6, 6.07) is -0.150. The molecule has 1 unspecified atom stereocenters. The first-order valence-corrected chi connectivity index (χ1v) is 8.08. The molecule has 0 radical (unpaired) electrons. The molecule has 0 N–H and O–H groups in total. The Morgan fingerprint density at radius 1 is 1.43 bits per heavy atom. The maximum Gasteiger partial charge on any atom is 0.410 e. The summed E-state index contributed by atoms with van der Waals surface area (Å²) < 4.78 is 12.0. The molecular weight excluding hydrogens is 322 g/mol. The van der Waals surface area contributed by atoms with Crippen LogP contribution in [0.25, 0.3) is 0 Å². The number of hydrogen-bond acceptors (Lipinski definition) is 5. The minimum atomic E-state index is -0.557. The van der Waals surface area contributed by atoms with E-state index < -0.39 is 11.6 Å². The van der Waals surface area contributed by atoms with Gasteiger partial charge >= 0.3 is 12.1 Å². The van der Waals surface area contributed by atoms with Gasteiger partial charge in [0.2, 0.25) is 0 Å². The van der Waals surface area contributed by atoms with Crippen LogP contribution >= 0.6 is 11.6 Å². The fourth-order valence-electron chi connectivity index (χ4n) is 2.46. The van der Waals surface area contributed by atoms with E-state index in [1.54, 1.807) is 17.4 Å². The quantitative estimate of drug-likeness (QED) is 0.623. The van der Waals surface area contributed by atoms with Crippen LogP contribution in [0.2, 0.25) is 0 Å². The third-order valence-electron chi connectivity index (χ3n) is 3.47. The lowest BCUT2D eigenvalue weighted by molar-refractivity contribution is 0.0172. The molecule has 1 atom stereocenters. The van der Waals surface area contributed by atoms with Crippen LogP contribution in [-0.2, 0) is 9.47 Å². The van der Waals surface area contributed by atoms with Crippen LogP contribution in [0.3, 0.4) is 0 Å². The molecule has 1 aliphatic rings. The van der Waals surface area contributed by atoms with Crippen molar-refractivity contribution in [1.82, 2.24) is 14.5 Å². The van der Waals surface area contributed by atoms with Gasteiger partial charge in [0.15, 0.2) is 11.8 Å². The lowest BCUT2D eigenvalue weighted by atomic mass is 10.1. The van der Waals surface area contributed by atoms with Crippen molar-refractivity contribution in [2.45, 2.75) is 45.3 Å². The Bertz CT molecular complexity index is 567. The maximum absolute atomic E-state index is 12.2. The van der Waals surface area contributed by atoms with Gasteiger partial charge in [-0.25, -0.2) is 14.6 Å². The highest BCUT2D eigenvalue weighted by Crippen LogP contribution is 2.23. The minimum Gasteiger partial charge on any atom is -0.445 e. The van der Waals surface area contributed by atoms with Crippen molar-refractivity contribution in [3.05, 3.63) is 18.2 Å². The van der Waals surface area contributed by atoms with Gasteiger partial charge in [-0.05, 0) is 33.6 Å². The van der Waals surface area contributed by atoms with Gasteiger partial charge in [-0.15, -0.1) is 0 Å². The van der Waals surface area contributed by atoms with E-state index in [2.05, 4.69) is 4.98 Å². The molecule has 1 fully saturated rings. The molecule has 23 heavy (non-hydrogen) atoms. The van der Waals surface area contributed by atoms with Gasteiger partial charge in [-0.3, -0.25) is 0 Å². The van der Waals surface area contributed by atoms with Crippen molar-refractivity contribution in [2.24, 2.45) is 0 Å². The summed E-state index contributed by atoms with van der Waals surface area (Å²) in [7, 11) is 0. The Labute approximate surface area is 140 Å². The van der Waals surface area contributed by atoms with Crippen molar-refractivity contribution in [3.63, 3.8) is 0 Å². The smallest absolute Gasteiger partial charge is 0.410 e. The highest BCUT2D eigenvalue weighted by atomic mass is 35.5. The average Bonchev–Trinajstić information content (AvgIpc) is 2.96. The number of rotatable bonds is 3. The Hall–Kier alpha value is -1.76. The van der Waals surface area contributed by atoms with E-state index in [0.29, 0.717) is 13.1 Å². The molecule has 0 saturated carbocycles. The second-order valence-corrected chi connectivity index (χ2v) is 6.69. The zero-order valence-corrected chi connectivity index (χ0v) is 14.4. The van der Waals surface area contributed by atoms with E-state index in [-0.39, 0.29) is 23.9 Å². The SMILES string of the molecule is CC(C)(C)OC(=O)N1CCCC(n2cnc(C(=O)OCCl)c2)C1. The van der Waals surface area contributed by atoms with Gasteiger partial charge in [0.1, 0.15) is 5.60 Å². The van der Waals surface area contributed by atoms with E-state index in [9.17, 15) is 9.59 Å². The van der Waals surface area contributed by atoms with E-state index in [0.717, 1.165) is 12.8 Å². The molecule has 7 nitrogen and oxygen atoms in total. The van der Waals surface area contributed by atoms with Crippen molar-refractivity contribution < 1.29 is 19.1 Å². The normalized spacial score (nSPS) is 18.6. The summed E-state index contributed by atoms with van der Waals surface area (Å²) in [5, 5.41) is 0. The largest absolute Gasteiger partial charge is 0.445 e. The molecule has 0 bridgehead atoms. The Morgan fingerprint density at radius 3 is 2.83 bits per heavy atom. The van der Waals surface area contributed by atoms with E-state index in [4.69, 9.17) is 21.1 Å². The summed E-state index contributed by atoms with van der Waals surface area (Å²) >= 11 is 5.37. The van der Waals surface area contributed by atoms with Crippen molar-refractivity contribution in [2.75, 3.05) is 19.2 Å². The zero-order valence-electron chi connectivity index (χ0n) is 13.6.